The average Bonchev–Trinajstić information content (AvgIpc) is 2.66. The fourth-order valence-electron chi connectivity index (χ4n) is 2.95. The van der Waals surface area contributed by atoms with Gasteiger partial charge in [-0.15, -0.1) is 0 Å². The van der Waals surface area contributed by atoms with Crippen molar-refractivity contribution in [2.75, 3.05) is 11.9 Å². The molecule has 3 rings (SSSR count). The van der Waals surface area contributed by atoms with E-state index in [0.29, 0.717) is 18.5 Å². The monoisotopic (exact) mass is 381 g/mol. The fraction of sp³-hybridized carbons (Fsp3) is 0.182. The van der Waals surface area contributed by atoms with E-state index < -0.39 is 5.97 Å². The summed E-state index contributed by atoms with van der Waals surface area (Å²) in [5.74, 6) is -0.584. The van der Waals surface area contributed by atoms with Gasteiger partial charge in [0.2, 0.25) is 5.91 Å². The number of fused-ring (bicyclic) bond motifs is 1. The molecule has 3 aromatic rings. The Bertz CT molecular complexity index is 979. The van der Waals surface area contributed by atoms with Gasteiger partial charge in [0.05, 0.1) is 17.2 Å². The van der Waals surface area contributed by atoms with Gasteiger partial charge in [0.15, 0.2) is 0 Å². The first-order chi connectivity index (χ1) is 13.1. The third kappa shape index (κ3) is 4.66. The zero-order valence-electron chi connectivity index (χ0n) is 15.0. The number of hydrogen-bond acceptors (Lipinski definition) is 3. The molecule has 0 fully saturated rings. The summed E-state index contributed by atoms with van der Waals surface area (Å²) in [6.07, 6.45) is 0.993. The van der Waals surface area contributed by atoms with Crippen LogP contribution in [0.15, 0.2) is 60.7 Å². The second kappa shape index (κ2) is 8.69. The van der Waals surface area contributed by atoms with Crippen LogP contribution in [0.1, 0.15) is 29.3 Å². The molecule has 0 spiro atoms. The SMILES string of the molecule is CCOC(=O)c1ccc(NC(=O)CCc2cccc3ccccc23)cc1Cl. The molecular formula is C22H20ClNO3. The molecule has 5 heteroatoms. The van der Waals surface area contributed by atoms with E-state index in [1.54, 1.807) is 25.1 Å². The molecule has 0 saturated heterocycles. The zero-order chi connectivity index (χ0) is 19.2. The second-order valence-electron chi connectivity index (χ2n) is 6.10. The van der Waals surface area contributed by atoms with E-state index in [1.807, 2.05) is 24.3 Å². The second-order valence-corrected chi connectivity index (χ2v) is 6.51. The van der Waals surface area contributed by atoms with E-state index in [0.717, 1.165) is 16.3 Å². The van der Waals surface area contributed by atoms with Gasteiger partial charge in [-0.25, -0.2) is 4.79 Å². The van der Waals surface area contributed by atoms with Gasteiger partial charge in [0.25, 0.3) is 0 Å². The van der Waals surface area contributed by atoms with Crippen molar-refractivity contribution >= 4 is 39.9 Å². The fourth-order valence-corrected chi connectivity index (χ4v) is 3.21. The van der Waals surface area contributed by atoms with Crippen LogP contribution in [0.5, 0.6) is 0 Å². The van der Waals surface area contributed by atoms with Crippen LogP contribution in [0.4, 0.5) is 5.69 Å². The van der Waals surface area contributed by atoms with Crippen molar-refractivity contribution in [2.45, 2.75) is 19.8 Å². The van der Waals surface area contributed by atoms with Crippen LogP contribution in [0.25, 0.3) is 10.8 Å². The quantitative estimate of drug-likeness (QED) is 0.594. The minimum atomic E-state index is -0.476. The first-order valence-electron chi connectivity index (χ1n) is 8.81. The van der Waals surface area contributed by atoms with Crippen molar-refractivity contribution in [3.63, 3.8) is 0 Å². The van der Waals surface area contributed by atoms with Crippen LogP contribution in [-0.4, -0.2) is 18.5 Å². The molecule has 0 atom stereocenters. The van der Waals surface area contributed by atoms with Crippen molar-refractivity contribution in [2.24, 2.45) is 0 Å². The summed E-state index contributed by atoms with van der Waals surface area (Å²) < 4.78 is 4.94. The maximum atomic E-state index is 12.3. The van der Waals surface area contributed by atoms with Crippen LogP contribution in [0, 0.1) is 0 Å². The predicted octanol–water partition coefficient (Wildman–Crippen LogP) is 5.24. The highest BCUT2D eigenvalue weighted by molar-refractivity contribution is 6.34. The molecular weight excluding hydrogens is 362 g/mol. The number of nitrogens with one attached hydrogen (secondary N) is 1. The molecule has 0 aliphatic rings. The van der Waals surface area contributed by atoms with Gasteiger partial charge in [-0.2, -0.15) is 0 Å². The van der Waals surface area contributed by atoms with Crippen molar-refractivity contribution in [3.8, 4) is 0 Å². The van der Waals surface area contributed by atoms with Gasteiger partial charge < -0.3 is 10.1 Å². The van der Waals surface area contributed by atoms with Gasteiger partial charge in [0.1, 0.15) is 0 Å². The number of carbonyl (C=O) groups excluding carboxylic acids is 2. The maximum Gasteiger partial charge on any atom is 0.339 e. The molecule has 0 aromatic heterocycles. The largest absolute Gasteiger partial charge is 0.462 e. The zero-order valence-corrected chi connectivity index (χ0v) is 15.8. The Morgan fingerprint density at radius 1 is 1.04 bits per heavy atom. The topological polar surface area (TPSA) is 55.4 Å². The molecule has 1 N–H and O–H groups in total. The molecule has 0 radical (unpaired) electrons. The van der Waals surface area contributed by atoms with E-state index in [1.165, 1.54) is 0 Å². The number of benzene rings is 3. The number of halogens is 1. The third-order valence-corrected chi connectivity index (χ3v) is 4.56. The summed E-state index contributed by atoms with van der Waals surface area (Å²) in [5.41, 5.74) is 1.97. The lowest BCUT2D eigenvalue weighted by Gasteiger charge is -2.09. The Labute approximate surface area is 163 Å². The number of aryl methyl sites for hydroxylation is 1. The molecule has 0 saturated carbocycles. The minimum absolute atomic E-state index is 0.108. The standard InChI is InChI=1S/C22H20ClNO3/c1-2-27-22(26)19-12-11-17(14-20(19)23)24-21(25)13-10-16-8-5-7-15-6-3-4-9-18(15)16/h3-9,11-12,14H,2,10,13H2,1H3,(H,24,25). The van der Waals surface area contributed by atoms with Crippen molar-refractivity contribution in [1.29, 1.82) is 0 Å². The van der Waals surface area contributed by atoms with Crippen molar-refractivity contribution in [3.05, 3.63) is 76.8 Å². The van der Waals surface area contributed by atoms with Gasteiger partial charge in [0, 0.05) is 12.1 Å². The lowest BCUT2D eigenvalue weighted by atomic mass is 10.0. The molecule has 0 aliphatic carbocycles. The van der Waals surface area contributed by atoms with E-state index in [9.17, 15) is 9.59 Å². The van der Waals surface area contributed by atoms with Crippen LogP contribution in [-0.2, 0) is 16.0 Å². The lowest BCUT2D eigenvalue weighted by Crippen LogP contribution is -2.13. The molecule has 27 heavy (non-hydrogen) atoms. The summed E-state index contributed by atoms with van der Waals surface area (Å²) >= 11 is 6.13. The highest BCUT2D eigenvalue weighted by Gasteiger charge is 2.13. The summed E-state index contributed by atoms with van der Waals surface area (Å²) in [6.45, 7) is 2.01. The van der Waals surface area contributed by atoms with E-state index in [4.69, 9.17) is 16.3 Å². The number of ether oxygens (including phenoxy) is 1. The molecule has 0 bridgehead atoms. The molecule has 138 valence electrons. The summed E-state index contributed by atoms with van der Waals surface area (Å²) in [4.78, 5) is 24.1. The number of anilines is 1. The van der Waals surface area contributed by atoms with Crippen LogP contribution < -0.4 is 5.32 Å². The average molecular weight is 382 g/mol. The van der Waals surface area contributed by atoms with E-state index >= 15 is 0 Å². The summed E-state index contributed by atoms with van der Waals surface area (Å²) in [7, 11) is 0. The number of esters is 1. The minimum Gasteiger partial charge on any atom is -0.462 e. The third-order valence-electron chi connectivity index (χ3n) is 4.25. The molecule has 0 heterocycles. The van der Waals surface area contributed by atoms with Crippen LogP contribution >= 0.6 is 11.6 Å². The number of carbonyl (C=O) groups is 2. The van der Waals surface area contributed by atoms with Crippen molar-refractivity contribution in [1.82, 2.24) is 0 Å². The summed E-state index contributed by atoms with van der Waals surface area (Å²) in [5, 5.41) is 5.40. The lowest BCUT2D eigenvalue weighted by molar-refractivity contribution is -0.116. The predicted molar refractivity (Wildman–Crippen MR) is 108 cm³/mol. The number of amides is 1. The molecule has 1 amide bonds. The van der Waals surface area contributed by atoms with Crippen molar-refractivity contribution < 1.29 is 14.3 Å². The maximum absolute atomic E-state index is 12.3. The van der Waals surface area contributed by atoms with Crippen LogP contribution in [0.3, 0.4) is 0 Å². The Kier molecular flexibility index (Phi) is 6.09. The van der Waals surface area contributed by atoms with Crippen LogP contribution in [0.2, 0.25) is 5.02 Å². The summed E-state index contributed by atoms with van der Waals surface area (Å²) in [6, 6.07) is 19.0. The highest BCUT2D eigenvalue weighted by atomic mass is 35.5. The van der Waals surface area contributed by atoms with Gasteiger partial charge in [-0.3, -0.25) is 4.79 Å². The molecule has 0 unspecified atom stereocenters. The Balaban J connectivity index is 1.64. The first kappa shape index (κ1) is 18.9. The Morgan fingerprint density at radius 2 is 1.81 bits per heavy atom. The van der Waals surface area contributed by atoms with E-state index in [2.05, 4.69) is 23.5 Å². The first-order valence-corrected chi connectivity index (χ1v) is 9.19. The number of hydrogen-bond donors (Lipinski definition) is 1. The highest BCUT2D eigenvalue weighted by Crippen LogP contribution is 2.23. The Morgan fingerprint density at radius 3 is 2.59 bits per heavy atom. The number of rotatable bonds is 6. The van der Waals surface area contributed by atoms with Gasteiger partial charge >= 0.3 is 5.97 Å². The smallest absolute Gasteiger partial charge is 0.339 e. The normalized spacial score (nSPS) is 10.6. The van der Waals surface area contributed by atoms with E-state index in [-0.39, 0.29) is 23.1 Å². The van der Waals surface area contributed by atoms with Gasteiger partial charge in [-0.1, -0.05) is 54.1 Å². The van der Waals surface area contributed by atoms with Gasteiger partial charge in [-0.05, 0) is 47.9 Å². The molecule has 4 nitrogen and oxygen atoms in total. The molecule has 0 aliphatic heterocycles. The molecule has 3 aromatic carbocycles. The Hall–Kier alpha value is -2.85.